The van der Waals surface area contributed by atoms with Crippen molar-refractivity contribution >= 4 is 0 Å². The molecule has 1 unspecified atom stereocenters. The van der Waals surface area contributed by atoms with Gasteiger partial charge in [0.1, 0.15) is 5.69 Å². The van der Waals surface area contributed by atoms with E-state index in [0.29, 0.717) is 5.69 Å². The summed E-state index contributed by atoms with van der Waals surface area (Å²) < 4.78 is 12.8. The molecule has 0 saturated heterocycles. The normalized spacial score (nSPS) is 13.6. The lowest BCUT2D eigenvalue weighted by molar-refractivity contribution is 0.189. The third-order valence-corrected chi connectivity index (χ3v) is 1.29. The van der Waals surface area contributed by atoms with Gasteiger partial charge in [0.05, 0.1) is 11.8 Å². The fraction of sp³-hybridized carbons (Fsp3) is 0.500. The monoisotopic (exact) mass is 144 g/mol. The highest BCUT2D eigenvalue weighted by Crippen LogP contribution is 2.14. The van der Waals surface area contributed by atoms with Gasteiger partial charge in [0.15, 0.2) is 5.82 Å². The Labute approximate surface area is 57.9 Å². The van der Waals surface area contributed by atoms with Crippen LogP contribution in [0.5, 0.6) is 0 Å². The SMILES string of the molecule is Cc1[nH]nc(C(C)O)c1F. The van der Waals surface area contributed by atoms with Crippen LogP contribution in [0.2, 0.25) is 0 Å². The Hall–Kier alpha value is -0.900. The summed E-state index contributed by atoms with van der Waals surface area (Å²) in [6.07, 6.45) is -0.843. The van der Waals surface area contributed by atoms with Crippen LogP contribution >= 0.6 is 0 Å². The first kappa shape index (κ1) is 7.21. The lowest BCUT2D eigenvalue weighted by Gasteiger charge is -1.96. The molecule has 0 amide bonds. The van der Waals surface area contributed by atoms with Crippen molar-refractivity contribution < 1.29 is 9.50 Å². The summed E-state index contributed by atoms with van der Waals surface area (Å²) in [4.78, 5) is 0. The molecular formula is C6H9FN2O. The van der Waals surface area contributed by atoms with Crippen LogP contribution in [-0.2, 0) is 0 Å². The minimum atomic E-state index is -0.843. The predicted octanol–water partition coefficient (Wildman–Crippen LogP) is 0.911. The molecule has 10 heavy (non-hydrogen) atoms. The Morgan fingerprint density at radius 2 is 2.30 bits per heavy atom. The Kier molecular flexibility index (Phi) is 1.72. The van der Waals surface area contributed by atoms with E-state index in [4.69, 9.17) is 5.11 Å². The van der Waals surface area contributed by atoms with Gasteiger partial charge >= 0.3 is 0 Å². The highest BCUT2D eigenvalue weighted by atomic mass is 19.1. The first-order valence-corrected chi connectivity index (χ1v) is 3.01. The smallest absolute Gasteiger partial charge is 0.169 e. The van der Waals surface area contributed by atoms with Gasteiger partial charge in [-0.3, -0.25) is 5.10 Å². The van der Waals surface area contributed by atoms with Crippen LogP contribution < -0.4 is 0 Å². The number of aromatic nitrogens is 2. The van der Waals surface area contributed by atoms with Crippen LogP contribution in [0.4, 0.5) is 4.39 Å². The molecule has 0 spiro atoms. The fourth-order valence-electron chi connectivity index (χ4n) is 0.711. The first-order valence-electron chi connectivity index (χ1n) is 3.01. The number of hydrogen-bond acceptors (Lipinski definition) is 2. The van der Waals surface area contributed by atoms with Crippen molar-refractivity contribution in [3.05, 3.63) is 17.2 Å². The van der Waals surface area contributed by atoms with Crippen molar-refractivity contribution in [3.63, 3.8) is 0 Å². The van der Waals surface area contributed by atoms with E-state index in [1.807, 2.05) is 0 Å². The Morgan fingerprint density at radius 1 is 1.70 bits per heavy atom. The van der Waals surface area contributed by atoms with Crippen LogP contribution in [0, 0.1) is 12.7 Å². The van der Waals surface area contributed by atoms with Gasteiger partial charge in [-0.25, -0.2) is 4.39 Å². The number of aryl methyl sites for hydroxylation is 1. The van der Waals surface area contributed by atoms with E-state index in [9.17, 15) is 4.39 Å². The standard InChI is InChI=1S/C6H9FN2O/c1-3-5(7)6(4(2)10)9-8-3/h4,10H,1-2H3,(H,8,9). The zero-order valence-electron chi connectivity index (χ0n) is 5.85. The molecule has 0 aromatic carbocycles. The molecule has 1 heterocycles. The van der Waals surface area contributed by atoms with E-state index in [2.05, 4.69) is 10.2 Å². The van der Waals surface area contributed by atoms with Crippen LogP contribution in [0.15, 0.2) is 0 Å². The van der Waals surface area contributed by atoms with Crippen molar-refractivity contribution in [2.45, 2.75) is 20.0 Å². The van der Waals surface area contributed by atoms with Gasteiger partial charge in [-0.05, 0) is 13.8 Å². The number of hydrogen-bond donors (Lipinski definition) is 2. The number of aliphatic hydroxyl groups excluding tert-OH is 1. The minimum Gasteiger partial charge on any atom is -0.387 e. The molecular weight excluding hydrogens is 135 g/mol. The minimum absolute atomic E-state index is 0.0810. The quantitative estimate of drug-likeness (QED) is 0.615. The van der Waals surface area contributed by atoms with Crippen LogP contribution in [0.1, 0.15) is 24.4 Å². The molecule has 1 aromatic heterocycles. The molecule has 1 atom stereocenters. The second kappa shape index (κ2) is 2.38. The maximum Gasteiger partial charge on any atom is 0.169 e. The molecule has 2 N–H and O–H groups in total. The number of aromatic amines is 1. The van der Waals surface area contributed by atoms with Crippen molar-refractivity contribution in [2.75, 3.05) is 0 Å². The number of nitrogens with zero attached hydrogens (tertiary/aromatic N) is 1. The topological polar surface area (TPSA) is 48.9 Å². The molecule has 0 aliphatic carbocycles. The molecule has 0 saturated carbocycles. The van der Waals surface area contributed by atoms with E-state index in [-0.39, 0.29) is 5.69 Å². The van der Waals surface area contributed by atoms with Gasteiger partial charge in [-0.2, -0.15) is 5.10 Å². The second-order valence-electron chi connectivity index (χ2n) is 2.22. The van der Waals surface area contributed by atoms with Crippen molar-refractivity contribution in [3.8, 4) is 0 Å². The number of nitrogens with one attached hydrogen (secondary N) is 1. The summed E-state index contributed by atoms with van der Waals surface area (Å²) in [5, 5.41) is 14.9. The van der Waals surface area contributed by atoms with Crippen molar-refractivity contribution in [2.24, 2.45) is 0 Å². The molecule has 0 bridgehead atoms. The number of halogens is 1. The molecule has 0 aliphatic rings. The Bertz CT molecular complexity index is 232. The molecule has 4 heteroatoms. The zero-order chi connectivity index (χ0) is 7.72. The van der Waals surface area contributed by atoms with Gasteiger partial charge in [0, 0.05) is 0 Å². The Morgan fingerprint density at radius 3 is 2.50 bits per heavy atom. The van der Waals surface area contributed by atoms with Crippen LogP contribution in [0.3, 0.4) is 0 Å². The largest absolute Gasteiger partial charge is 0.387 e. The first-order chi connectivity index (χ1) is 4.63. The van der Waals surface area contributed by atoms with Crippen LogP contribution in [0.25, 0.3) is 0 Å². The van der Waals surface area contributed by atoms with Crippen molar-refractivity contribution in [1.82, 2.24) is 10.2 Å². The molecule has 1 aromatic rings. The van der Waals surface area contributed by atoms with E-state index in [0.717, 1.165) is 0 Å². The third kappa shape index (κ3) is 1.02. The summed E-state index contributed by atoms with van der Waals surface area (Å²) >= 11 is 0. The summed E-state index contributed by atoms with van der Waals surface area (Å²) in [6, 6.07) is 0. The molecule has 3 nitrogen and oxygen atoms in total. The third-order valence-electron chi connectivity index (χ3n) is 1.29. The fourth-order valence-corrected chi connectivity index (χ4v) is 0.711. The molecule has 0 aliphatic heterocycles. The number of H-pyrrole nitrogens is 1. The highest BCUT2D eigenvalue weighted by molar-refractivity contribution is 5.12. The van der Waals surface area contributed by atoms with Gasteiger partial charge < -0.3 is 5.11 Å². The number of rotatable bonds is 1. The van der Waals surface area contributed by atoms with Gasteiger partial charge in [0.25, 0.3) is 0 Å². The average molecular weight is 144 g/mol. The van der Waals surface area contributed by atoms with E-state index >= 15 is 0 Å². The summed E-state index contributed by atoms with van der Waals surface area (Å²) in [5.41, 5.74) is 0.438. The second-order valence-corrected chi connectivity index (χ2v) is 2.22. The number of aliphatic hydroxyl groups is 1. The molecule has 0 radical (unpaired) electrons. The summed E-state index contributed by atoms with van der Waals surface area (Å²) in [5.74, 6) is -0.449. The van der Waals surface area contributed by atoms with E-state index in [1.54, 1.807) is 6.92 Å². The summed E-state index contributed by atoms with van der Waals surface area (Å²) in [7, 11) is 0. The van der Waals surface area contributed by atoms with Crippen molar-refractivity contribution in [1.29, 1.82) is 0 Å². The molecule has 0 fully saturated rings. The van der Waals surface area contributed by atoms with Gasteiger partial charge in [-0.15, -0.1) is 0 Å². The average Bonchev–Trinajstić information content (AvgIpc) is 2.14. The predicted molar refractivity (Wildman–Crippen MR) is 33.9 cm³/mol. The maximum absolute atomic E-state index is 12.8. The van der Waals surface area contributed by atoms with Crippen LogP contribution in [-0.4, -0.2) is 15.3 Å². The van der Waals surface area contributed by atoms with E-state index in [1.165, 1.54) is 6.92 Å². The zero-order valence-corrected chi connectivity index (χ0v) is 5.85. The molecule has 1 rings (SSSR count). The maximum atomic E-state index is 12.8. The summed E-state index contributed by atoms with van der Waals surface area (Å²) in [6.45, 7) is 3.03. The van der Waals surface area contributed by atoms with Gasteiger partial charge in [0.2, 0.25) is 0 Å². The lowest BCUT2D eigenvalue weighted by atomic mass is 10.2. The lowest BCUT2D eigenvalue weighted by Crippen LogP contribution is -1.94. The van der Waals surface area contributed by atoms with Gasteiger partial charge in [-0.1, -0.05) is 0 Å². The Balaban J connectivity index is 3.05. The molecule has 56 valence electrons. The highest BCUT2D eigenvalue weighted by Gasteiger charge is 2.13. The van der Waals surface area contributed by atoms with E-state index < -0.39 is 11.9 Å².